The highest BCUT2D eigenvalue weighted by Gasteiger charge is 2.18. The van der Waals surface area contributed by atoms with E-state index >= 15 is 0 Å². The summed E-state index contributed by atoms with van der Waals surface area (Å²) in [4.78, 5) is 12.7. The van der Waals surface area contributed by atoms with Crippen LogP contribution in [0.3, 0.4) is 0 Å². The topological polar surface area (TPSA) is 66.5 Å². The van der Waals surface area contributed by atoms with E-state index in [0.29, 0.717) is 11.5 Å². The number of nitrogens with zero attached hydrogens (tertiary/aromatic N) is 1. The average Bonchev–Trinajstić information content (AvgIpc) is 2.61. The molecule has 0 aliphatic carbocycles. The van der Waals surface area contributed by atoms with Gasteiger partial charge in [-0.1, -0.05) is 32.0 Å². The zero-order valence-electron chi connectivity index (χ0n) is 15.0. The predicted octanol–water partition coefficient (Wildman–Crippen LogP) is 3.70. The lowest BCUT2D eigenvalue weighted by Gasteiger charge is -2.16. The highest BCUT2D eigenvalue weighted by molar-refractivity contribution is 7.89. The monoisotopic (exact) mass is 360 g/mol. The van der Waals surface area contributed by atoms with E-state index in [1.165, 1.54) is 38.4 Å². The van der Waals surface area contributed by atoms with Gasteiger partial charge in [-0.05, 0) is 48.2 Å². The van der Waals surface area contributed by atoms with Gasteiger partial charge in [-0.2, -0.15) is 0 Å². The highest BCUT2D eigenvalue weighted by Crippen LogP contribution is 2.27. The van der Waals surface area contributed by atoms with Gasteiger partial charge in [-0.15, -0.1) is 0 Å². The molecule has 1 atom stereocenters. The first-order valence-electron chi connectivity index (χ1n) is 8.20. The number of hydrogen-bond donors (Lipinski definition) is 1. The van der Waals surface area contributed by atoms with E-state index in [4.69, 9.17) is 0 Å². The molecule has 0 radical (unpaired) electrons. The standard InChI is InChI=1S/C19H24N2O3S/c1-5-14(2)17-8-6-7-9-18(17)20-19(22)15-10-12-16(13-11-15)25(23,24)21(3)4/h6-14H,5H2,1-4H3,(H,20,22). The molecule has 134 valence electrons. The van der Waals surface area contributed by atoms with Crippen molar-refractivity contribution in [1.82, 2.24) is 4.31 Å². The summed E-state index contributed by atoms with van der Waals surface area (Å²) in [5.74, 6) is 0.0775. The Labute approximate surface area is 149 Å². The van der Waals surface area contributed by atoms with E-state index in [2.05, 4.69) is 19.2 Å². The van der Waals surface area contributed by atoms with Crippen LogP contribution in [0.1, 0.15) is 42.1 Å². The van der Waals surface area contributed by atoms with Gasteiger partial charge in [0, 0.05) is 25.3 Å². The van der Waals surface area contributed by atoms with Crippen LogP contribution in [0.25, 0.3) is 0 Å². The minimum Gasteiger partial charge on any atom is -0.322 e. The molecule has 1 amide bonds. The van der Waals surface area contributed by atoms with Gasteiger partial charge < -0.3 is 5.32 Å². The van der Waals surface area contributed by atoms with Crippen molar-refractivity contribution >= 4 is 21.6 Å². The number of hydrogen-bond acceptors (Lipinski definition) is 3. The van der Waals surface area contributed by atoms with Crippen LogP contribution < -0.4 is 5.32 Å². The summed E-state index contributed by atoms with van der Waals surface area (Å²) in [6.07, 6.45) is 0.976. The second-order valence-corrected chi connectivity index (χ2v) is 8.31. The Morgan fingerprint density at radius 3 is 2.24 bits per heavy atom. The summed E-state index contributed by atoms with van der Waals surface area (Å²) in [6.45, 7) is 4.22. The summed E-state index contributed by atoms with van der Waals surface area (Å²) >= 11 is 0. The van der Waals surface area contributed by atoms with Crippen molar-refractivity contribution in [2.24, 2.45) is 0 Å². The molecule has 0 bridgehead atoms. The third-order valence-corrected chi connectivity index (χ3v) is 6.08. The molecule has 25 heavy (non-hydrogen) atoms. The van der Waals surface area contributed by atoms with Crippen molar-refractivity contribution in [3.63, 3.8) is 0 Å². The second kappa shape index (κ2) is 7.80. The fourth-order valence-electron chi connectivity index (χ4n) is 2.44. The number of anilines is 1. The van der Waals surface area contributed by atoms with Crippen LogP contribution in [-0.2, 0) is 10.0 Å². The summed E-state index contributed by atoms with van der Waals surface area (Å²) in [7, 11) is -0.550. The summed E-state index contributed by atoms with van der Waals surface area (Å²) < 4.78 is 25.3. The molecule has 0 aromatic heterocycles. The van der Waals surface area contributed by atoms with Crippen LogP contribution in [0.4, 0.5) is 5.69 Å². The third-order valence-electron chi connectivity index (χ3n) is 4.25. The Morgan fingerprint density at radius 1 is 1.08 bits per heavy atom. The SMILES string of the molecule is CCC(C)c1ccccc1NC(=O)c1ccc(S(=O)(=O)N(C)C)cc1. The van der Waals surface area contributed by atoms with Crippen LogP contribution in [-0.4, -0.2) is 32.7 Å². The van der Waals surface area contributed by atoms with Crippen LogP contribution in [0, 0.1) is 0 Å². The van der Waals surface area contributed by atoms with E-state index < -0.39 is 10.0 Å². The zero-order valence-corrected chi connectivity index (χ0v) is 15.8. The Balaban J connectivity index is 2.23. The quantitative estimate of drug-likeness (QED) is 0.854. The second-order valence-electron chi connectivity index (χ2n) is 6.16. The fraction of sp³-hybridized carbons (Fsp3) is 0.316. The van der Waals surface area contributed by atoms with Gasteiger partial charge in [0.1, 0.15) is 0 Å². The summed E-state index contributed by atoms with van der Waals surface area (Å²) in [5.41, 5.74) is 2.29. The van der Waals surface area contributed by atoms with Gasteiger partial charge in [-0.3, -0.25) is 4.79 Å². The van der Waals surface area contributed by atoms with E-state index in [1.54, 1.807) is 0 Å². The lowest BCUT2D eigenvalue weighted by molar-refractivity contribution is 0.102. The van der Waals surface area contributed by atoms with Gasteiger partial charge in [0.2, 0.25) is 10.0 Å². The number of rotatable bonds is 6. The molecule has 0 saturated heterocycles. The molecule has 1 unspecified atom stereocenters. The maximum absolute atomic E-state index is 12.5. The number of carbonyl (C=O) groups is 1. The molecular weight excluding hydrogens is 336 g/mol. The molecule has 0 aliphatic rings. The van der Waals surface area contributed by atoms with Crippen molar-refractivity contribution in [3.8, 4) is 0 Å². The fourth-order valence-corrected chi connectivity index (χ4v) is 3.35. The number of benzene rings is 2. The molecule has 0 aliphatic heterocycles. The molecule has 1 N–H and O–H groups in total. The van der Waals surface area contributed by atoms with Crippen LogP contribution in [0.15, 0.2) is 53.4 Å². The van der Waals surface area contributed by atoms with Gasteiger partial charge in [0.15, 0.2) is 0 Å². The van der Waals surface area contributed by atoms with Gasteiger partial charge in [0.05, 0.1) is 4.90 Å². The normalized spacial score (nSPS) is 12.8. The minimum atomic E-state index is -3.50. The van der Waals surface area contributed by atoms with Gasteiger partial charge >= 0.3 is 0 Å². The van der Waals surface area contributed by atoms with E-state index in [0.717, 1.165) is 22.0 Å². The predicted molar refractivity (Wildman–Crippen MR) is 100 cm³/mol. The largest absolute Gasteiger partial charge is 0.322 e. The lowest BCUT2D eigenvalue weighted by atomic mass is 9.97. The number of para-hydroxylation sites is 1. The zero-order chi connectivity index (χ0) is 18.6. The number of carbonyl (C=O) groups excluding carboxylic acids is 1. The molecule has 5 nitrogen and oxygen atoms in total. The van der Waals surface area contributed by atoms with Crippen LogP contribution >= 0.6 is 0 Å². The van der Waals surface area contributed by atoms with Crippen molar-refractivity contribution in [2.75, 3.05) is 19.4 Å². The third kappa shape index (κ3) is 4.27. The molecule has 2 aromatic carbocycles. The Bertz CT molecular complexity index is 843. The maximum Gasteiger partial charge on any atom is 0.255 e. The van der Waals surface area contributed by atoms with Gasteiger partial charge in [0.25, 0.3) is 5.91 Å². The van der Waals surface area contributed by atoms with Crippen molar-refractivity contribution in [3.05, 3.63) is 59.7 Å². The first-order valence-corrected chi connectivity index (χ1v) is 9.64. The Hall–Kier alpha value is -2.18. The number of amides is 1. The number of nitrogens with one attached hydrogen (secondary N) is 1. The molecule has 0 spiro atoms. The summed E-state index contributed by atoms with van der Waals surface area (Å²) in [5, 5.41) is 2.92. The van der Waals surface area contributed by atoms with Crippen LogP contribution in [0.2, 0.25) is 0 Å². The highest BCUT2D eigenvalue weighted by atomic mass is 32.2. The van der Waals surface area contributed by atoms with E-state index in [-0.39, 0.29) is 10.8 Å². The van der Waals surface area contributed by atoms with E-state index in [9.17, 15) is 13.2 Å². The molecule has 0 saturated carbocycles. The molecule has 0 heterocycles. The molecular formula is C19H24N2O3S. The van der Waals surface area contributed by atoms with Crippen molar-refractivity contribution in [1.29, 1.82) is 0 Å². The smallest absolute Gasteiger partial charge is 0.255 e. The molecule has 6 heteroatoms. The van der Waals surface area contributed by atoms with Crippen LogP contribution in [0.5, 0.6) is 0 Å². The maximum atomic E-state index is 12.5. The first kappa shape index (κ1) is 19.1. The first-order chi connectivity index (χ1) is 11.8. The average molecular weight is 360 g/mol. The van der Waals surface area contributed by atoms with Crippen molar-refractivity contribution < 1.29 is 13.2 Å². The Kier molecular flexibility index (Phi) is 5.98. The molecule has 2 aromatic rings. The van der Waals surface area contributed by atoms with Gasteiger partial charge in [-0.25, -0.2) is 12.7 Å². The Morgan fingerprint density at radius 2 is 1.68 bits per heavy atom. The number of sulfonamides is 1. The molecule has 2 rings (SSSR count). The summed E-state index contributed by atoms with van der Waals surface area (Å²) in [6, 6.07) is 13.7. The van der Waals surface area contributed by atoms with E-state index in [1.807, 2.05) is 24.3 Å². The van der Waals surface area contributed by atoms with Crippen molar-refractivity contribution in [2.45, 2.75) is 31.1 Å². The minimum absolute atomic E-state index is 0.161. The molecule has 0 fully saturated rings. The lowest BCUT2D eigenvalue weighted by Crippen LogP contribution is -2.22.